The average molecular weight is 374 g/mol. The molecule has 0 bridgehead atoms. The zero-order valence-electron chi connectivity index (χ0n) is 14.5. The van der Waals surface area contributed by atoms with E-state index in [1.54, 1.807) is 26.0 Å². The molecule has 2 heterocycles. The minimum atomic E-state index is -4.48. The number of halogens is 4. The van der Waals surface area contributed by atoms with Crippen molar-refractivity contribution in [3.8, 4) is 0 Å². The van der Waals surface area contributed by atoms with Gasteiger partial charge in [-0.15, -0.1) is 10.2 Å². The Morgan fingerprint density at radius 3 is 2.48 bits per heavy atom. The van der Waals surface area contributed by atoms with Crippen molar-refractivity contribution in [3.63, 3.8) is 0 Å². The number of aromatic nitrogens is 3. The van der Waals surface area contributed by atoms with Crippen LogP contribution in [0.1, 0.15) is 36.4 Å². The van der Waals surface area contributed by atoms with Gasteiger partial charge in [-0.1, -0.05) is 18.2 Å². The minimum absolute atomic E-state index is 0.00110. The van der Waals surface area contributed by atoms with Gasteiger partial charge in [0.2, 0.25) is 5.82 Å². The van der Waals surface area contributed by atoms with E-state index in [2.05, 4.69) is 20.2 Å². The lowest BCUT2D eigenvalue weighted by Gasteiger charge is -2.30. The van der Waals surface area contributed by atoms with Gasteiger partial charge in [-0.05, 0) is 44.0 Å². The van der Waals surface area contributed by atoms with E-state index in [-0.39, 0.29) is 34.6 Å². The summed E-state index contributed by atoms with van der Waals surface area (Å²) in [5.74, 6) is -0.494. The fourth-order valence-electron chi connectivity index (χ4n) is 3.30. The first-order valence-corrected chi connectivity index (χ1v) is 8.24. The number of hydrogen-bond acceptors (Lipinski definition) is 4. The van der Waals surface area contributed by atoms with Crippen LogP contribution in [0.4, 0.5) is 17.6 Å². The van der Waals surface area contributed by atoms with Crippen LogP contribution in [-0.4, -0.2) is 26.4 Å². The molecule has 27 heavy (non-hydrogen) atoms. The normalized spacial score (nSPS) is 16.1. The lowest BCUT2D eigenvalue weighted by Crippen LogP contribution is -2.32. The number of hydrogen-bond donors (Lipinski definition) is 0. The standard InChI is InChI=1S/C19H14F4N4/c1-18(2)9-11-10(5-3-6-12(11)19(21,22)23)15(25-18)17-24-14-8-4-7-13(20)16(14)26-27-17/h3-8H,9H2,1-2H3. The molecule has 0 fully saturated rings. The third-order valence-corrected chi connectivity index (χ3v) is 4.41. The number of aliphatic imine (C=N–C) groups is 1. The maximum Gasteiger partial charge on any atom is 0.416 e. The molecule has 0 N–H and O–H groups in total. The highest BCUT2D eigenvalue weighted by molar-refractivity contribution is 6.13. The Hall–Kier alpha value is -2.90. The molecular formula is C19H14F4N4. The summed E-state index contributed by atoms with van der Waals surface area (Å²) >= 11 is 0. The zero-order chi connectivity index (χ0) is 19.4. The van der Waals surface area contributed by atoms with Crippen molar-refractivity contribution >= 4 is 16.7 Å². The van der Waals surface area contributed by atoms with Crippen LogP contribution in [0.25, 0.3) is 11.0 Å². The van der Waals surface area contributed by atoms with Gasteiger partial charge in [0.1, 0.15) is 11.2 Å². The maximum absolute atomic E-state index is 13.8. The van der Waals surface area contributed by atoms with Crippen molar-refractivity contribution in [3.05, 3.63) is 64.7 Å². The molecule has 0 unspecified atom stereocenters. The van der Waals surface area contributed by atoms with E-state index in [1.807, 2.05) is 0 Å². The third kappa shape index (κ3) is 3.05. The lowest BCUT2D eigenvalue weighted by molar-refractivity contribution is -0.138. The molecule has 4 rings (SSSR count). The van der Waals surface area contributed by atoms with Crippen molar-refractivity contribution in [2.24, 2.45) is 4.99 Å². The van der Waals surface area contributed by atoms with E-state index >= 15 is 0 Å². The highest BCUT2D eigenvalue weighted by atomic mass is 19.4. The molecular weight excluding hydrogens is 360 g/mol. The van der Waals surface area contributed by atoms with Gasteiger partial charge < -0.3 is 0 Å². The van der Waals surface area contributed by atoms with Gasteiger partial charge in [0, 0.05) is 5.56 Å². The van der Waals surface area contributed by atoms with Crippen molar-refractivity contribution in [1.82, 2.24) is 15.2 Å². The predicted molar refractivity (Wildman–Crippen MR) is 92.2 cm³/mol. The predicted octanol–water partition coefficient (Wildman–Crippen LogP) is 4.35. The van der Waals surface area contributed by atoms with Gasteiger partial charge in [0.25, 0.3) is 0 Å². The molecule has 1 aliphatic rings. The van der Waals surface area contributed by atoms with E-state index in [1.165, 1.54) is 18.2 Å². The van der Waals surface area contributed by atoms with E-state index in [0.29, 0.717) is 5.56 Å². The molecule has 0 saturated heterocycles. The van der Waals surface area contributed by atoms with Crippen molar-refractivity contribution in [2.45, 2.75) is 32.0 Å². The van der Waals surface area contributed by atoms with Gasteiger partial charge >= 0.3 is 6.18 Å². The molecule has 3 aromatic rings. The third-order valence-electron chi connectivity index (χ3n) is 4.41. The number of rotatable bonds is 1. The highest BCUT2D eigenvalue weighted by Gasteiger charge is 2.39. The van der Waals surface area contributed by atoms with E-state index in [9.17, 15) is 17.6 Å². The van der Waals surface area contributed by atoms with Crippen LogP contribution in [0.15, 0.2) is 41.4 Å². The molecule has 0 aliphatic carbocycles. The maximum atomic E-state index is 13.8. The Morgan fingerprint density at radius 1 is 1.00 bits per heavy atom. The highest BCUT2D eigenvalue weighted by Crippen LogP contribution is 2.38. The smallest absolute Gasteiger partial charge is 0.274 e. The first-order valence-electron chi connectivity index (χ1n) is 8.24. The van der Waals surface area contributed by atoms with Gasteiger partial charge in [-0.25, -0.2) is 9.37 Å². The first-order chi connectivity index (χ1) is 12.7. The summed E-state index contributed by atoms with van der Waals surface area (Å²) in [6.07, 6.45) is -4.34. The molecule has 0 amide bonds. The Balaban J connectivity index is 1.95. The first kappa shape index (κ1) is 17.5. The Kier molecular flexibility index (Phi) is 3.76. The Bertz CT molecular complexity index is 1090. The summed E-state index contributed by atoms with van der Waals surface area (Å²) in [7, 11) is 0. The van der Waals surface area contributed by atoms with Crippen LogP contribution in [-0.2, 0) is 12.6 Å². The van der Waals surface area contributed by atoms with E-state index < -0.39 is 23.1 Å². The summed E-state index contributed by atoms with van der Waals surface area (Å²) < 4.78 is 54.3. The molecule has 0 atom stereocenters. The number of fused-ring (bicyclic) bond motifs is 2. The number of benzene rings is 2. The topological polar surface area (TPSA) is 51.0 Å². The van der Waals surface area contributed by atoms with Crippen LogP contribution >= 0.6 is 0 Å². The lowest BCUT2D eigenvalue weighted by atomic mass is 9.83. The van der Waals surface area contributed by atoms with Crippen molar-refractivity contribution < 1.29 is 17.6 Å². The van der Waals surface area contributed by atoms with Gasteiger partial charge in [-0.2, -0.15) is 13.2 Å². The second-order valence-corrected chi connectivity index (χ2v) is 7.02. The molecule has 138 valence electrons. The molecule has 4 nitrogen and oxygen atoms in total. The van der Waals surface area contributed by atoms with Crippen molar-refractivity contribution in [1.29, 1.82) is 0 Å². The molecule has 0 radical (unpaired) electrons. The molecule has 0 saturated carbocycles. The Labute approximate surface area is 152 Å². The monoisotopic (exact) mass is 374 g/mol. The second kappa shape index (κ2) is 5.80. The largest absolute Gasteiger partial charge is 0.416 e. The molecule has 1 aliphatic heterocycles. The summed E-state index contributed by atoms with van der Waals surface area (Å²) in [5.41, 5.74) is -0.499. The molecule has 0 spiro atoms. The SMILES string of the molecule is CC1(C)Cc2c(cccc2C(F)(F)F)C(c2nnc3c(F)cccc3n2)=N1. The zero-order valence-corrected chi connectivity index (χ0v) is 14.5. The van der Waals surface area contributed by atoms with Crippen LogP contribution in [0.5, 0.6) is 0 Å². The number of alkyl halides is 3. The summed E-state index contributed by atoms with van der Waals surface area (Å²) in [6.45, 7) is 3.49. The summed E-state index contributed by atoms with van der Waals surface area (Å²) in [5, 5.41) is 7.79. The second-order valence-electron chi connectivity index (χ2n) is 7.02. The van der Waals surface area contributed by atoms with Crippen LogP contribution in [0, 0.1) is 5.82 Å². The fourth-order valence-corrected chi connectivity index (χ4v) is 3.30. The summed E-state index contributed by atoms with van der Waals surface area (Å²) in [4.78, 5) is 8.86. The molecule has 2 aromatic carbocycles. The molecule has 1 aromatic heterocycles. The average Bonchev–Trinajstić information content (AvgIpc) is 2.59. The van der Waals surface area contributed by atoms with Crippen LogP contribution in [0.2, 0.25) is 0 Å². The van der Waals surface area contributed by atoms with Crippen LogP contribution in [0.3, 0.4) is 0 Å². The number of nitrogens with zero attached hydrogens (tertiary/aromatic N) is 4. The molecule has 8 heteroatoms. The quantitative estimate of drug-likeness (QED) is 0.595. The van der Waals surface area contributed by atoms with Crippen LogP contribution < -0.4 is 0 Å². The van der Waals surface area contributed by atoms with Gasteiger partial charge in [0.05, 0.1) is 16.6 Å². The van der Waals surface area contributed by atoms with Gasteiger partial charge in [0.15, 0.2) is 5.82 Å². The van der Waals surface area contributed by atoms with E-state index in [4.69, 9.17) is 0 Å². The Morgan fingerprint density at radius 2 is 1.74 bits per heavy atom. The van der Waals surface area contributed by atoms with Gasteiger partial charge in [-0.3, -0.25) is 4.99 Å². The summed E-state index contributed by atoms with van der Waals surface area (Å²) in [6, 6.07) is 8.26. The van der Waals surface area contributed by atoms with Crippen molar-refractivity contribution in [2.75, 3.05) is 0 Å². The fraction of sp³-hybridized carbons (Fsp3) is 0.263. The van der Waals surface area contributed by atoms with E-state index in [0.717, 1.165) is 6.07 Å². The minimum Gasteiger partial charge on any atom is -0.274 e.